The predicted octanol–water partition coefficient (Wildman–Crippen LogP) is 17.4. The maximum Gasteiger partial charge on any atom is 0.306 e. The van der Waals surface area contributed by atoms with Crippen LogP contribution in [0, 0.1) is 0 Å². The Labute approximate surface area is 389 Å². The molecule has 6 heteroatoms. The fourth-order valence-corrected chi connectivity index (χ4v) is 7.19. The molecule has 0 saturated carbocycles. The minimum absolute atomic E-state index is 0.0887. The molecule has 0 unspecified atom stereocenters. The molecule has 0 aromatic rings. The highest BCUT2D eigenvalue weighted by molar-refractivity contribution is 5.71. The van der Waals surface area contributed by atoms with Crippen molar-refractivity contribution in [2.45, 2.75) is 258 Å². The Bertz CT molecular complexity index is 1190. The van der Waals surface area contributed by atoms with E-state index < -0.39 is 6.10 Å². The van der Waals surface area contributed by atoms with E-state index in [1.54, 1.807) is 0 Å². The van der Waals surface area contributed by atoms with Crippen molar-refractivity contribution in [3.05, 3.63) is 72.9 Å². The van der Waals surface area contributed by atoms with E-state index in [0.29, 0.717) is 19.3 Å². The second-order valence-corrected chi connectivity index (χ2v) is 17.4. The van der Waals surface area contributed by atoms with Crippen molar-refractivity contribution in [1.29, 1.82) is 0 Å². The molecular formula is C57H98O6. The lowest BCUT2D eigenvalue weighted by atomic mass is 10.1. The molecule has 0 aliphatic heterocycles. The van der Waals surface area contributed by atoms with Crippen LogP contribution < -0.4 is 0 Å². The molecule has 0 aromatic heterocycles. The SMILES string of the molecule is CC/C=C\C/C=C\C/C=C\CCCCCCCC(=O)OC[C@H](COC(=O)CCCCCCC/C=C\CCCCCC)OC(=O)CCCCCCCCC/C=C\C/C=C\CCCCC. The third-order valence-electron chi connectivity index (χ3n) is 11.2. The van der Waals surface area contributed by atoms with Gasteiger partial charge >= 0.3 is 17.9 Å². The lowest BCUT2D eigenvalue weighted by molar-refractivity contribution is -0.167. The van der Waals surface area contributed by atoms with E-state index >= 15 is 0 Å². The highest BCUT2D eigenvalue weighted by atomic mass is 16.6. The van der Waals surface area contributed by atoms with Gasteiger partial charge in [-0.25, -0.2) is 0 Å². The second kappa shape index (κ2) is 51.5. The van der Waals surface area contributed by atoms with Crippen LogP contribution in [0.3, 0.4) is 0 Å². The number of ether oxygens (including phenoxy) is 3. The van der Waals surface area contributed by atoms with Gasteiger partial charge < -0.3 is 14.2 Å². The van der Waals surface area contributed by atoms with E-state index in [0.717, 1.165) is 116 Å². The molecule has 6 nitrogen and oxygen atoms in total. The molecule has 63 heavy (non-hydrogen) atoms. The lowest BCUT2D eigenvalue weighted by Crippen LogP contribution is -2.30. The minimum atomic E-state index is -0.789. The smallest absolute Gasteiger partial charge is 0.306 e. The van der Waals surface area contributed by atoms with Crippen molar-refractivity contribution >= 4 is 17.9 Å². The Kier molecular flexibility index (Phi) is 48.9. The molecule has 0 aliphatic rings. The zero-order chi connectivity index (χ0) is 45.8. The van der Waals surface area contributed by atoms with E-state index in [1.807, 2.05) is 0 Å². The first-order valence-corrected chi connectivity index (χ1v) is 26.4. The Hall–Kier alpha value is -3.15. The van der Waals surface area contributed by atoms with Crippen LogP contribution >= 0.6 is 0 Å². The van der Waals surface area contributed by atoms with Crippen molar-refractivity contribution in [2.75, 3.05) is 13.2 Å². The fraction of sp³-hybridized carbons (Fsp3) is 0.737. The van der Waals surface area contributed by atoms with Gasteiger partial charge in [0.25, 0.3) is 0 Å². The summed E-state index contributed by atoms with van der Waals surface area (Å²) in [6, 6.07) is 0. The van der Waals surface area contributed by atoms with E-state index in [9.17, 15) is 14.4 Å². The number of unbranched alkanes of at least 4 members (excludes halogenated alkanes) is 24. The van der Waals surface area contributed by atoms with Crippen molar-refractivity contribution in [2.24, 2.45) is 0 Å². The first kappa shape index (κ1) is 59.9. The molecule has 362 valence electrons. The number of allylic oxidation sites excluding steroid dienone is 12. The average molecular weight is 879 g/mol. The topological polar surface area (TPSA) is 78.9 Å². The van der Waals surface area contributed by atoms with Gasteiger partial charge in [0.1, 0.15) is 13.2 Å². The van der Waals surface area contributed by atoms with Crippen LogP contribution in [0.25, 0.3) is 0 Å². The van der Waals surface area contributed by atoms with Crippen LogP contribution in [-0.4, -0.2) is 37.2 Å². The number of carbonyl (C=O) groups is 3. The predicted molar refractivity (Wildman–Crippen MR) is 270 cm³/mol. The van der Waals surface area contributed by atoms with Crippen molar-refractivity contribution in [3.8, 4) is 0 Å². The Morgan fingerprint density at radius 1 is 0.333 bits per heavy atom. The van der Waals surface area contributed by atoms with E-state index in [-0.39, 0.29) is 31.1 Å². The van der Waals surface area contributed by atoms with Crippen LogP contribution in [0.2, 0.25) is 0 Å². The minimum Gasteiger partial charge on any atom is -0.462 e. The maximum atomic E-state index is 12.8. The van der Waals surface area contributed by atoms with Crippen LogP contribution in [0.1, 0.15) is 252 Å². The number of hydrogen-bond acceptors (Lipinski definition) is 6. The zero-order valence-electron chi connectivity index (χ0n) is 41.3. The summed E-state index contributed by atoms with van der Waals surface area (Å²) in [5.74, 6) is -0.919. The Balaban J connectivity index is 4.43. The van der Waals surface area contributed by atoms with E-state index in [1.165, 1.54) is 96.3 Å². The van der Waals surface area contributed by atoms with Crippen LogP contribution in [-0.2, 0) is 28.6 Å². The lowest BCUT2D eigenvalue weighted by Gasteiger charge is -2.18. The average Bonchev–Trinajstić information content (AvgIpc) is 3.28. The van der Waals surface area contributed by atoms with Crippen molar-refractivity contribution < 1.29 is 28.6 Å². The number of carbonyl (C=O) groups excluding carboxylic acids is 3. The third kappa shape index (κ3) is 49.7. The summed E-state index contributed by atoms with van der Waals surface area (Å²) in [6.45, 7) is 6.46. The normalized spacial score (nSPS) is 12.6. The summed E-state index contributed by atoms with van der Waals surface area (Å²) in [5.41, 5.74) is 0. The first-order chi connectivity index (χ1) is 31.0. The van der Waals surface area contributed by atoms with E-state index in [2.05, 4.69) is 93.7 Å². The third-order valence-corrected chi connectivity index (χ3v) is 11.2. The zero-order valence-corrected chi connectivity index (χ0v) is 41.3. The molecule has 0 spiro atoms. The molecule has 0 radical (unpaired) electrons. The second-order valence-electron chi connectivity index (χ2n) is 17.4. The molecule has 0 bridgehead atoms. The molecule has 0 fully saturated rings. The molecule has 0 N–H and O–H groups in total. The molecule has 0 saturated heterocycles. The monoisotopic (exact) mass is 879 g/mol. The van der Waals surface area contributed by atoms with Gasteiger partial charge in [0.15, 0.2) is 6.10 Å². The summed E-state index contributed by atoms with van der Waals surface area (Å²) in [7, 11) is 0. The van der Waals surface area contributed by atoms with Gasteiger partial charge in [0.2, 0.25) is 0 Å². The van der Waals surface area contributed by atoms with Gasteiger partial charge in [-0.3, -0.25) is 14.4 Å². The molecule has 0 aliphatic carbocycles. The summed E-state index contributed by atoms with van der Waals surface area (Å²) in [5, 5.41) is 0. The quantitative estimate of drug-likeness (QED) is 0.0262. The largest absolute Gasteiger partial charge is 0.462 e. The van der Waals surface area contributed by atoms with Crippen LogP contribution in [0.4, 0.5) is 0 Å². The van der Waals surface area contributed by atoms with Gasteiger partial charge in [-0.15, -0.1) is 0 Å². The first-order valence-electron chi connectivity index (χ1n) is 26.4. The fourth-order valence-electron chi connectivity index (χ4n) is 7.19. The Morgan fingerprint density at radius 3 is 1.02 bits per heavy atom. The molecule has 1 atom stereocenters. The standard InChI is InChI=1S/C57H98O6/c1-4-7-10-13-16-19-22-25-27-28-30-33-36-39-42-45-48-51-57(60)63-54(52-61-55(58)49-46-43-40-37-34-31-24-21-18-15-12-9-6-3)53-62-56(59)50-47-44-41-38-35-32-29-26-23-20-17-14-11-8-5-2/h8,11,16-17,19-21,24-27,29,54H,4-7,9-10,12-15,18,22-23,28,30-53H2,1-3H3/b11-8-,19-16-,20-17-,24-21-,27-25-,29-26-/t54-/m0/s1. The van der Waals surface area contributed by atoms with Crippen molar-refractivity contribution in [3.63, 3.8) is 0 Å². The number of rotatable bonds is 47. The van der Waals surface area contributed by atoms with Gasteiger partial charge in [-0.05, 0) is 109 Å². The molecule has 0 aromatic carbocycles. The van der Waals surface area contributed by atoms with E-state index in [4.69, 9.17) is 14.2 Å². The van der Waals surface area contributed by atoms with Gasteiger partial charge in [-0.1, -0.05) is 196 Å². The summed E-state index contributed by atoms with van der Waals surface area (Å²) >= 11 is 0. The highest BCUT2D eigenvalue weighted by Gasteiger charge is 2.19. The molecular weight excluding hydrogens is 781 g/mol. The van der Waals surface area contributed by atoms with Gasteiger partial charge in [0, 0.05) is 19.3 Å². The molecule has 0 amide bonds. The molecule has 0 heterocycles. The summed E-state index contributed by atoms with van der Waals surface area (Å²) in [4.78, 5) is 38.0. The molecule has 0 rings (SSSR count). The number of esters is 3. The highest BCUT2D eigenvalue weighted by Crippen LogP contribution is 2.14. The maximum absolute atomic E-state index is 12.8. The summed E-state index contributed by atoms with van der Waals surface area (Å²) in [6.07, 6.45) is 64.5. The Morgan fingerprint density at radius 2 is 0.619 bits per heavy atom. The van der Waals surface area contributed by atoms with Crippen LogP contribution in [0.15, 0.2) is 72.9 Å². The van der Waals surface area contributed by atoms with Crippen LogP contribution in [0.5, 0.6) is 0 Å². The number of hydrogen-bond donors (Lipinski definition) is 0. The van der Waals surface area contributed by atoms with Gasteiger partial charge in [0.05, 0.1) is 0 Å². The summed E-state index contributed by atoms with van der Waals surface area (Å²) < 4.78 is 16.8. The van der Waals surface area contributed by atoms with Crippen molar-refractivity contribution in [1.82, 2.24) is 0 Å². The van der Waals surface area contributed by atoms with Gasteiger partial charge in [-0.2, -0.15) is 0 Å².